The molecule has 1 unspecified atom stereocenters. The van der Waals surface area contributed by atoms with Gasteiger partial charge in [0.2, 0.25) is 0 Å². The summed E-state index contributed by atoms with van der Waals surface area (Å²) in [6.45, 7) is 0. The van der Waals surface area contributed by atoms with Gasteiger partial charge in [0, 0.05) is 22.1 Å². The summed E-state index contributed by atoms with van der Waals surface area (Å²) in [5, 5.41) is 0. The second kappa shape index (κ2) is 7.58. The van der Waals surface area contributed by atoms with Crippen molar-refractivity contribution in [2.75, 3.05) is 29.0 Å². The lowest BCUT2D eigenvalue weighted by atomic mass is 9.76. The molecule has 0 aliphatic carbocycles. The minimum atomic E-state index is -2.90. The number of sulfone groups is 1. The number of benzene rings is 1. The number of halogens is 2. The van der Waals surface area contributed by atoms with Gasteiger partial charge in [0.15, 0.2) is 9.84 Å². The van der Waals surface area contributed by atoms with Gasteiger partial charge in [-0.05, 0) is 36.6 Å². The molecule has 1 heterocycles. The fourth-order valence-corrected chi connectivity index (χ4v) is 6.79. The minimum Gasteiger partial charge on any atom is -0.229 e. The third kappa shape index (κ3) is 4.54. The summed E-state index contributed by atoms with van der Waals surface area (Å²) >= 11 is 14.2. The Morgan fingerprint density at radius 1 is 1.19 bits per heavy atom. The first kappa shape index (κ1) is 17.5. The molecule has 1 aromatic carbocycles. The summed E-state index contributed by atoms with van der Waals surface area (Å²) in [5.41, 5.74) is -0.269. The van der Waals surface area contributed by atoms with Crippen molar-refractivity contribution >= 4 is 44.8 Å². The summed E-state index contributed by atoms with van der Waals surface area (Å²) in [6, 6.07) is 10.2. The van der Waals surface area contributed by atoms with Crippen LogP contribution in [-0.2, 0) is 9.84 Å². The van der Waals surface area contributed by atoms with E-state index in [0.717, 1.165) is 12.2 Å². The predicted octanol–water partition coefficient (Wildman–Crippen LogP) is 4.07. The molecule has 1 aromatic rings. The average molecular weight is 367 g/mol. The van der Waals surface area contributed by atoms with E-state index in [9.17, 15) is 8.42 Å². The molecule has 1 saturated heterocycles. The standard InChI is InChI=1S/C15H20Cl2O2S2/c16-11-15(12-17,13-6-9-21(18,19)10-13)7-8-20-14-4-2-1-3-5-14/h1-5,13H,6-12H2. The highest BCUT2D eigenvalue weighted by Gasteiger charge is 2.43. The van der Waals surface area contributed by atoms with Crippen LogP contribution in [0.3, 0.4) is 0 Å². The molecule has 0 saturated carbocycles. The van der Waals surface area contributed by atoms with Crippen LogP contribution >= 0.6 is 35.0 Å². The first-order valence-electron chi connectivity index (χ1n) is 7.01. The Morgan fingerprint density at radius 2 is 1.86 bits per heavy atom. The number of rotatable bonds is 7. The van der Waals surface area contributed by atoms with Crippen LogP contribution in [0.5, 0.6) is 0 Å². The van der Waals surface area contributed by atoms with Gasteiger partial charge in [0.1, 0.15) is 0 Å². The molecule has 1 aliphatic heterocycles. The van der Waals surface area contributed by atoms with E-state index < -0.39 is 9.84 Å². The van der Waals surface area contributed by atoms with Crippen LogP contribution in [0.4, 0.5) is 0 Å². The molecular weight excluding hydrogens is 347 g/mol. The van der Waals surface area contributed by atoms with Crippen molar-refractivity contribution in [2.24, 2.45) is 11.3 Å². The minimum absolute atomic E-state index is 0.0915. The fourth-order valence-electron chi connectivity index (χ4n) is 2.76. The maximum atomic E-state index is 11.7. The van der Waals surface area contributed by atoms with E-state index in [0.29, 0.717) is 18.2 Å². The lowest BCUT2D eigenvalue weighted by molar-refractivity contribution is 0.239. The second-order valence-electron chi connectivity index (χ2n) is 5.64. The summed E-state index contributed by atoms with van der Waals surface area (Å²) < 4.78 is 23.4. The fraction of sp³-hybridized carbons (Fsp3) is 0.600. The Balaban J connectivity index is 1.98. The topological polar surface area (TPSA) is 34.1 Å². The number of alkyl halides is 2. The normalized spacial score (nSPS) is 21.5. The van der Waals surface area contributed by atoms with E-state index in [1.165, 1.54) is 4.90 Å². The SMILES string of the molecule is O=S1(=O)CCC(C(CCl)(CCl)CCSc2ccccc2)C1. The van der Waals surface area contributed by atoms with E-state index in [4.69, 9.17) is 23.2 Å². The quantitative estimate of drug-likeness (QED) is 0.538. The Hall–Kier alpha value is 0.1000. The van der Waals surface area contributed by atoms with Crippen LogP contribution in [-0.4, -0.2) is 37.4 Å². The highest BCUT2D eigenvalue weighted by Crippen LogP contribution is 2.42. The second-order valence-corrected chi connectivity index (χ2v) is 9.57. The summed E-state index contributed by atoms with van der Waals surface area (Å²) in [4.78, 5) is 1.22. The first-order valence-corrected chi connectivity index (χ1v) is 10.9. The third-order valence-electron chi connectivity index (χ3n) is 4.24. The third-order valence-corrected chi connectivity index (χ3v) is 8.09. The lowest BCUT2D eigenvalue weighted by Crippen LogP contribution is -2.36. The maximum Gasteiger partial charge on any atom is 0.150 e. The predicted molar refractivity (Wildman–Crippen MR) is 92.4 cm³/mol. The lowest BCUT2D eigenvalue weighted by Gasteiger charge is -2.35. The van der Waals surface area contributed by atoms with Crippen LogP contribution in [0.2, 0.25) is 0 Å². The van der Waals surface area contributed by atoms with Gasteiger partial charge in [-0.15, -0.1) is 35.0 Å². The number of thioether (sulfide) groups is 1. The summed E-state index contributed by atoms with van der Waals surface area (Å²) in [5.74, 6) is 2.35. The molecular formula is C15H20Cl2O2S2. The smallest absolute Gasteiger partial charge is 0.150 e. The number of hydrogen-bond acceptors (Lipinski definition) is 3. The molecule has 2 rings (SSSR count). The van der Waals surface area contributed by atoms with Crippen molar-refractivity contribution in [3.05, 3.63) is 30.3 Å². The van der Waals surface area contributed by atoms with Gasteiger partial charge in [-0.2, -0.15) is 0 Å². The zero-order chi connectivity index (χ0) is 15.3. The van der Waals surface area contributed by atoms with Crippen molar-refractivity contribution in [1.82, 2.24) is 0 Å². The van der Waals surface area contributed by atoms with Crippen molar-refractivity contribution in [3.8, 4) is 0 Å². The van der Waals surface area contributed by atoms with E-state index in [1.807, 2.05) is 18.2 Å². The first-order chi connectivity index (χ1) is 10.0. The molecule has 2 nitrogen and oxygen atoms in total. The van der Waals surface area contributed by atoms with Crippen LogP contribution < -0.4 is 0 Å². The van der Waals surface area contributed by atoms with Crippen molar-refractivity contribution in [1.29, 1.82) is 0 Å². The number of hydrogen-bond donors (Lipinski definition) is 0. The molecule has 1 fully saturated rings. The van der Waals surface area contributed by atoms with Gasteiger partial charge in [-0.3, -0.25) is 0 Å². The van der Waals surface area contributed by atoms with E-state index in [2.05, 4.69) is 12.1 Å². The molecule has 0 aromatic heterocycles. The van der Waals surface area contributed by atoms with Gasteiger partial charge >= 0.3 is 0 Å². The maximum absolute atomic E-state index is 11.7. The molecule has 1 atom stereocenters. The molecule has 0 N–H and O–H groups in total. The van der Waals surface area contributed by atoms with Gasteiger partial charge in [0.25, 0.3) is 0 Å². The summed E-state index contributed by atoms with van der Waals surface area (Å²) in [6.07, 6.45) is 1.54. The zero-order valence-electron chi connectivity index (χ0n) is 11.8. The van der Waals surface area contributed by atoms with Gasteiger partial charge in [-0.25, -0.2) is 8.42 Å². The molecule has 0 amide bonds. The van der Waals surface area contributed by atoms with Crippen LogP contribution in [0.25, 0.3) is 0 Å². The van der Waals surface area contributed by atoms with E-state index in [1.54, 1.807) is 11.8 Å². The van der Waals surface area contributed by atoms with Crippen LogP contribution in [0.15, 0.2) is 35.2 Å². The van der Waals surface area contributed by atoms with E-state index >= 15 is 0 Å². The highest BCUT2D eigenvalue weighted by atomic mass is 35.5. The van der Waals surface area contributed by atoms with Crippen molar-refractivity contribution in [2.45, 2.75) is 17.7 Å². The Bertz CT molecular complexity index is 542. The van der Waals surface area contributed by atoms with Crippen molar-refractivity contribution in [3.63, 3.8) is 0 Å². The van der Waals surface area contributed by atoms with Gasteiger partial charge < -0.3 is 0 Å². The average Bonchev–Trinajstić information content (AvgIpc) is 2.86. The molecule has 0 bridgehead atoms. The van der Waals surface area contributed by atoms with Crippen LogP contribution in [0, 0.1) is 11.3 Å². The molecule has 118 valence electrons. The highest BCUT2D eigenvalue weighted by molar-refractivity contribution is 7.99. The Kier molecular flexibility index (Phi) is 6.30. The Morgan fingerprint density at radius 3 is 2.38 bits per heavy atom. The van der Waals surface area contributed by atoms with Gasteiger partial charge in [0.05, 0.1) is 11.5 Å². The molecule has 1 aliphatic rings. The molecule has 0 spiro atoms. The molecule has 6 heteroatoms. The van der Waals surface area contributed by atoms with Crippen LogP contribution in [0.1, 0.15) is 12.8 Å². The molecule has 21 heavy (non-hydrogen) atoms. The van der Waals surface area contributed by atoms with Crippen molar-refractivity contribution < 1.29 is 8.42 Å². The summed E-state index contributed by atoms with van der Waals surface area (Å²) in [7, 11) is -2.90. The Labute approximate surface area is 141 Å². The van der Waals surface area contributed by atoms with E-state index in [-0.39, 0.29) is 22.8 Å². The zero-order valence-corrected chi connectivity index (χ0v) is 14.9. The molecule has 0 radical (unpaired) electrons. The largest absolute Gasteiger partial charge is 0.229 e. The monoisotopic (exact) mass is 366 g/mol. The van der Waals surface area contributed by atoms with Gasteiger partial charge in [-0.1, -0.05) is 18.2 Å².